The Labute approximate surface area is 129 Å². The van der Waals surface area contributed by atoms with Gasteiger partial charge in [-0.05, 0) is 44.9 Å². The van der Waals surface area contributed by atoms with E-state index in [2.05, 4.69) is 41.7 Å². The smallest absolute Gasteiger partial charge is 0.220 e. The third-order valence-corrected chi connectivity index (χ3v) is 3.37. The summed E-state index contributed by atoms with van der Waals surface area (Å²) in [6.45, 7) is 9.05. The number of rotatable bonds is 10. The molecule has 0 atom stereocenters. The SMILES string of the molecule is CCNC(=NCCCC(=O)NC1CC1)NCCCC(C)C. The standard InChI is InChI=1S/C16H32N4O/c1-4-17-16(18-11-5-7-13(2)3)19-12-6-8-15(21)20-14-9-10-14/h13-14H,4-12H2,1-3H3,(H,20,21)(H2,17,18,19). The highest BCUT2D eigenvalue weighted by molar-refractivity contribution is 5.79. The molecule has 21 heavy (non-hydrogen) atoms. The molecule has 0 heterocycles. The van der Waals surface area contributed by atoms with E-state index in [1.165, 1.54) is 6.42 Å². The molecule has 0 aromatic heterocycles. The summed E-state index contributed by atoms with van der Waals surface area (Å²) in [5, 5.41) is 9.59. The lowest BCUT2D eigenvalue weighted by molar-refractivity contribution is -0.121. The fourth-order valence-electron chi connectivity index (χ4n) is 2.02. The minimum atomic E-state index is 0.169. The molecule has 122 valence electrons. The van der Waals surface area contributed by atoms with Crippen LogP contribution in [0.3, 0.4) is 0 Å². The van der Waals surface area contributed by atoms with Gasteiger partial charge < -0.3 is 16.0 Å². The van der Waals surface area contributed by atoms with Crippen LogP contribution < -0.4 is 16.0 Å². The van der Waals surface area contributed by atoms with Gasteiger partial charge in [0.05, 0.1) is 0 Å². The first-order valence-electron chi connectivity index (χ1n) is 8.43. The highest BCUT2D eigenvalue weighted by Gasteiger charge is 2.22. The first-order chi connectivity index (χ1) is 10.1. The van der Waals surface area contributed by atoms with Crippen molar-refractivity contribution in [1.29, 1.82) is 0 Å². The highest BCUT2D eigenvalue weighted by Crippen LogP contribution is 2.18. The topological polar surface area (TPSA) is 65.5 Å². The molecule has 1 saturated carbocycles. The maximum atomic E-state index is 11.5. The molecule has 0 aromatic carbocycles. The Morgan fingerprint density at radius 1 is 1.24 bits per heavy atom. The van der Waals surface area contributed by atoms with Crippen LogP contribution >= 0.6 is 0 Å². The average molecular weight is 296 g/mol. The Morgan fingerprint density at radius 3 is 2.62 bits per heavy atom. The zero-order valence-electron chi connectivity index (χ0n) is 13.9. The predicted octanol–water partition coefficient (Wildman–Crippen LogP) is 2.04. The van der Waals surface area contributed by atoms with Crippen LogP contribution in [-0.4, -0.2) is 37.5 Å². The number of hydrogen-bond donors (Lipinski definition) is 3. The van der Waals surface area contributed by atoms with Crippen molar-refractivity contribution in [3.05, 3.63) is 0 Å². The Kier molecular flexibility index (Phi) is 8.87. The number of guanidine groups is 1. The number of nitrogens with zero attached hydrogens (tertiary/aromatic N) is 1. The summed E-state index contributed by atoms with van der Waals surface area (Å²) in [6.07, 6.45) is 6.07. The second-order valence-electron chi connectivity index (χ2n) is 6.17. The first kappa shape index (κ1) is 17.8. The van der Waals surface area contributed by atoms with Gasteiger partial charge in [-0.1, -0.05) is 13.8 Å². The molecular formula is C16H32N4O. The van der Waals surface area contributed by atoms with E-state index in [1.54, 1.807) is 0 Å². The molecule has 0 aromatic rings. The van der Waals surface area contributed by atoms with Gasteiger partial charge in [-0.25, -0.2) is 0 Å². The second kappa shape index (κ2) is 10.5. The Bertz CT molecular complexity index is 324. The number of hydrogen-bond acceptors (Lipinski definition) is 2. The third-order valence-electron chi connectivity index (χ3n) is 3.37. The molecule has 1 aliphatic rings. The second-order valence-corrected chi connectivity index (χ2v) is 6.17. The molecule has 0 spiro atoms. The van der Waals surface area contributed by atoms with Crippen LogP contribution in [0, 0.1) is 5.92 Å². The maximum Gasteiger partial charge on any atom is 0.220 e. The van der Waals surface area contributed by atoms with Crippen molar-refractivity contribution in [2.24, 2.45) is 10.9 Å². The van der Waals surface area contributed by atoms with E-state index in [9.17, 15) is 4.79 Å². The fourth-order valence-corrected chi connectivity index (χ4v) is 2.02. The number of carbonyl (C=O) groups is 1. The molecule has 0 saturated heterocycles. The highest BCUT2D eigenvalue weighted by atomic mass is 16.1. The van der Waals surface area contributed by atoms with Crippen molar-refractivity contribution in [2.75, 3.05) is 19.6 Å². The largest absolute Gasteiger partial charge is 0.357 e. The lowest BCUT2D eigenvalue weighted by Crippen LogP contribution is -2.38. The Balaban J connectivity index is 2.12. The van der Waals surface area contributed by atoms with Gasteiger partial charge in [-0.3, -0.25) is 9.79 Å². The Morgan fingerprint density at radius 2 is 2.00 bits per heavy atom. The molecule has 1 aliphatic carbocycles. The summed E-state index contributed by atoms with van der Waals surface area (Å²) in [4.78, 5) is 16.1. The van der Waals surface area contributed by atoms with Gasteiger partial charge in [0.2, 0.25) is 5.91 Å². The zero-order valence-corrected chi connectivity index (χ0v) is 13.9. The van der Waals surface area contributed by atoms with Crippen LogP contribution in [0.5, 0.6) is 0 Å². The molecule has 1 fully saturated rings. The Hall–Kier alpha value is -1.26. The van der Waals surface area contributed by atoms with Crippen LogP contribution in [0.2, 0.25) is 0 Å². The van der Waals surface area contributed by atoms with Crippen LogP contribution in [0.25, 0.3) is 0 Å². The van der Waals surface area contributed by atoms with Crippen molar-refractivity contribution >= 4 is 11.9 Å². The predicted molar refractivity (Wildman–Crippen MR) is 88.5 cm³/mol. The molecule has 1 amide bonds. The molecular weight excluding hydrogens is 264 g/mol. The average Bonchev–Trinajstić information content (AvgIpc) is 3.23. The van der Waals surface area contributed by atoms with Gasteiger partial charge in [0.25, 0.3) is 0 Å². The van der Waals surface area contributed by atoms with Crippen molar-refractivity contribution in [3.63, 3.8) is 0 Å². The minimum Gasteiger partial charge on any atom is -0.357 e. The van der Waals surface area contributed by atoms with E-state index in [-0.39, 0.29) is 5.91 Å². The number of amides is 1. The van der Waals surface area contributed by atoms with Gasteiger partial charge >= 0.3 is 0 Å². The van der Waals surface area contributed by atoms with Crippen LogP contribution in [0.15, 0.2) is 4.99 Å². The number of nitrogens with one attached hydrogen (secondary N) is 3. The molecule has 5 heteroatoms. The lowest BCUT2D eigenvalue weighted by Gasteiger charge is -2.12. The normalized spacial score (nSPS) is 15.1. The third kappa shape index (κ3) is 10.2. The van der Waals surface area contributed by atoms with Gasteiger partial charge in [0.1, 0.15) is 0 Å². The summed E-state index contributed by atoms with van der Waals surface area (Å²) in [5.74, 6) is 1.78. The maximum absolute atomic E-state index is 11.5. The van der Waals surface area contributed by atoms with E-state index >= 15 is 0 Å². The van der Waals surface area contributed by atoms with Crippen molar-refractivity contribution in [3.8, 4) is 0 Å². The van der Waals surface area contributed by atoms with Gasteiger partial charge in [-0.2, -0.15) is 0 Å². The van der Waals surface area contributed by atoms with E-state index in [1.807, 2.05) is 0 Å². The lowest BCUT2D eigenvalue weighted by atomic mass is 10.1. The van der Waals surface area contributed by atoms with Crippen molar-refractivity contribution in [1.82, 2.24) is 16.0 Å². The minimum absolute atomic E-state index is 0.169. The zero-order chi connectivity index (χ0) is 15.5. The van der Waals surface area contributed by atoms with Crippen LogP contribution in [0.4, 0.5) is 0 Å². The summed E-state index contributed by atoms with van der Waals surface area (Å²) in [6, 6.07) is 0.459. The summed E-state index contributed by atoms with van der Waals surface area (Å²) >= 11 is 0. The van der Waals surface area contributed by atoms with Crippen LogP contribution in [-0.2, 0) is 4.79 Å². The quantitative estimate of drug-likeness (QED) is 0.328. The number of aliphatic imine (C=N–C) groups is 1. The van der Waals surface area contributed by atoms with Gasteiger partial charge in [0.15, 0.2) is 5.96 Å². The van der Waals surface area contributed by atoms with E-state index < -0.39 is 0 Å². The molecule has 0 unspecified atom stereocenters. The fraction of sp³-hybridized carbons (Fsp3) is 0.875. The number of carbonyl (C=O) groups excluding carboxylic acids is 1. The van der Waals surface area contributed by atoms with Crippen molar-refractivity contribution < 1.29 is 4.79 Å². The van der Waals surface area contributed by atoms with E-state index in [0.717, 1.165) is 50.7 Å². The molecule has 5 nitrogen and oxygen atoms in total. The molecule has 3 N–H and O–H groups in total. The molecule has 1 rings (SSSR count). The summed E-state index contributed by atoms with van der Waals surface area (Å²) in [5.41, 5.74) is 0. The summed E-state index contributed by atoms with van der Waals surface area (Å²) < 4.78 is 0. The molecule has 0 aliphatic heterocycles. The first-order valence-corrected chi connectivity index (χ1v) is 8.43. The molecule has 0 radical (unpaired) electrons. The monoisotopic (exact) mass is 296 g/mol. The van der Waals surface area contributed by atoms with E-state index in [4.69, 9.17) is 0 Å². The molecule has 0 bridgehead atoms. The van der Waals surface area contributed by atoms with Crippen molar-refractivity contribution in [2.45, 2.75) is 65.3 Å². The van der Waals surface area contributed by atoms with E-state index in [0.29, 0.717) is 19.0 Å². The van der Waals surface area contributed by atoms with Crippen LogP contribution in [0.1, 0.15) is 59.3 Å². The van der Waals surface area contributed by atoms with Gasteiger partial charge in [-0.15, -0.1) is 0 Å². The summed E-state index contributed by atoms with van der Waals surface area (Å²) in [7, 11) is 0. The van der Waals surface area contributed by atoms with Gasteiger partial charge in [0, 0.05) is 32.1 Å².